The first kappa shape index (κ1) is 16.6. The Morgan fingerprint density at radius 2 is 1.78 bits per heavy atom. The Kier molecular flexibility index (Phi) is 4.03. The third-order valence-corrected chi connectivity index (χ3v) is 6.08. The molecule has 0 atom stereocenters. The summed E-state index contributed by atoms with van der Waals surface area (Å²) < 4.78 is 2.12. The quantitative estimate of drug-likeness (QED) is 0.340. The second-order valence-electron chi connectivity index (χ2n) is 6.59. The number of aromatic nitrogens is 3. The smallest absolute Gasteiger partial charge is 0.196 e. The average molecular weight is 390 g/mol. The van der Waals surface area contributed by atoms with Gasteiger partial charge >= 0.3 is 0 Å². The molecule has 0 saturated heterocycles. The molecular weight excluding hydrogens is 374 g/mol. The first-order valence-corrected chi connectivity index (χ1v) is 10.1. The summed E-state index contributed by atoms with van der Waals surface area (Å²) in [7, 11) is 0. The van der Waals surface area contributed by atoms with E-state index in [1.807, 2.05) is 18.2 Å². The molecule has 132 valence electrons. The predicted octanol–water partition coefficient (Wildman–Crippen LogP) is 6.29. The number of fused-ring (bicyclic) bond motifs is 4. The van der Waals surface area contributed by atoms with Crippen molar-refractivity contribution in [1.29, 1.82) is 0 Å². The molecule has 5 heteroatoms. The van der Waals surface area contributed by atoms with Crippen molar-refractivity contribution in [3.63, 3.8) is 0 Å². The van der Waals surface area contributed by atoms with Crippen LogP contribution in [-0.2, 0) is 5.75 Å². The maximum atomic E-state index is 6.21. The maximum absolute atomic E-state index is 6.21. The van der Waals surface area contributed by atoms with Crippen LogP contribution < -0.4 is 0 Å². The molecule has 27 heavy (non-hydrogen) atoms. The van der Waals surface area contributed by atoms with Gasteiger partial charge in [0, 0.05) is 16.2 Å². The molecule has 0 unspecified atom stereocenters. The van der Waals surface area contributed by atoms with Crippen molar-refractivity contribution in [2.75, 3.05) is 0 Å². The van der Waals surface area contributed by atoms with E-state index in [2.05, 4.69) is 70.1 Å². The minimum atomic E-state index is 0.739. The number of thioether (sulfide) groups is 1. The van der Waals surface area contributed by atoms with Crippen LogP contribution in [-0.4, -0.2) is 14.6 Å². The van der Waals surface area contributed by atoms with Crippen molar-refractivity contribution < 1.29 is 0 Å². The Bertz CT molecular complexity index is 1300. The molecule has 5 aromatic rings. The molecule has 0 bridgehead atoms. The molecule has 0 spiro atoms. The number of pyridine rings is 1. The lowest BCUT2D eigenvalue weighted by atomic mass is 10.1. The number of halogens is 1. The molecule has 0 aliphatic heterocycles. The van der Waals surface area contributed by atoms with Gasteiger partial charge < -0.3 is 0 Å². The molecule has 0 amide bonds. The first-order chi connectivity index (χ1) is 13.2. The first-order valence-electron chi connectivity index (χ1n) is 8.74. The van der Waals surface area contributed by atoms with Gasteiger partial charge in [0.15, 0.2) is 10.8 Å². The van der Waals surface area contributed by atoms with Crippen molar-refractivity contribution in [2.24, 2.45) is 0 Å². The van der Waals surface area contributed by atoms with Crippen LogP contribution >= 0.6 is 23.4 Å². The van der Waals surface area contributed by atoms with Crippen molar-refractivity contribution in [1.82, 2.24) is 14.6 Å². The highest BCUT2D eigenvalue weighted by Crippen LogP contribution is 2.30. The van der Waals surface area contributed by atoms with Crippen LogP contribution in [0.25, 0.3) is 27.3 Å². The van der Waals surface area contributed by atoms with E-state index in [-0.39, 0.29) is 0 Å². The van der Waals surface area contributed by atoms with Gasteiger partial charge in [-0.3, -0.25) is 4.40 Å². The Balaban J connectivity index is 1.59. The molecule has 0 aliphatic rings. The number of benzene rings is 3. The summed E-state index contributed by atoms with van der Waals surface area (Å²) >= 11 is 7.91. The summed E-state index contributed by atoms with van der Waals surface area (Å²) in [5.41, 5.74) is 4.40. The normalized spacial score (nSPS) is 11.6. The van der Waals surface area contributed by atoms with Gasteiger partial charge in [-0.15, -0.1) is 10.2 Å². The highest BCUT2D eigenvalue weighted by Gasteiger charge is 2.12. The van der Waals surface area contributed by atoms with Crippen LogP contribution in [0, 0.1) is 6.92 Å². The van der Waals surface area contributed by atoms with Gasteiger partial charge in [0.2, 0.25) is 0 Å². The Morgan fingerprint density at radius 3 is 2.70 bits per heavy atom. The van der Waals surface area contributed by atoms with E-state index in [9.17, 15) is 0 Å². The maximum Gasteiger partial charge on any atom is 0.196 e. The van der Waals surface area contributed by atoms with Crippen LogP contribution in [0.1, 0.15) is 11.1 Å². The van der Waals surface area contributed by atoms with E-state index >= 15 is 0 Å². The van der Waals surface area contributed by atoms with Crippen molar-refractivity contribution in [2.45, 2.75) is 17.8 Å². The van der Waals surface area contributed by atoms with Gasteiger partial charge in [0.25, 0.3) is 0 Å². The summed E-state index contributed by atoms with van der Waals surface area (Å²) in [6.45, 7) is 2.08. The molecule has 0 fully saturated rings. The van der Waals surface area contributed by atoms with Crippen molar-refractivity contribution >= 4 is 50.7 Å². The summed E-state index contributed by atoms with van der Waals surface area (Å²) in [4.78, 5) is 0. The second-order valence-corrected chi connectivity index (χ2v) is 7.97. The molecule has 0 aliphatic carbocycles. The summed E-state index contributed by atoms with van der Waals surface area (Å²) in [5, 5.41) is 14.1. The zero-order valence-electron chi connectivity index (χ0n) is 14.7. The highest BCUT2D eigenvalue weighted by molar-refractivity contribution is 7.98. The minimum absolute atomic E-state index is 0.739. The molecule has 0 N–H and O–H groups in total. The molecular formula is C22H16ClN3S. The Labute approximate surface area is 166 Å². The SMILES string of the molecule is Cc1cc2nnc(SCc3cccc4ccccc34)n2c2ccc(Cl)cc12. The number of hydrogen-bond acceptors (Lipinski definition) is 3. The number of nitrogens with zero attached hydrogens (tertiary/aromatic N) is 3. The van der Waals surface area contributed by atoms with E-state index in [4.69, 9.17) is 11.6 Å². The highest BCUT2D eigenvalue weighted by atomic mass is 35.5. The third kappa shape index (κ3) is 2.85. The standard InChI is InChI=1S/C22H16ClN3S/c1-14-11-21-24-25-22(26(21)20-10-9-17(23)12-19(14)20)27-13-16-7-4-6-15-5-2-3-8-18(15)16/h2-12H,13H2,1H3. The lowest BCUT2D eigenvalue weighted by molar-refractivity contribution is 0.940. The van der Waals surface area contributed by atoms with Gasteiger partial charge in [-0.1, -0.05) is 65.8 Å². The van der Waals surface area contributed by atoms with Crippen LogP contribution in [0.15, 0.2) is 71.9 Å². The van der Waals surface area contributed by atoms with E-state index in [0.29, 0.717) is 0 Å². The monoisotopic (exact) mass is 389 g/mol. The Morgan fingerprint density at radius 1 is 0.926 bits per heavy atom. The molecule has 2 aromatic heterocycles. The number of hydrogen-bond donors (Lipinski definition) is 0. The topological polar surface area (TPSA) is 30.2 Å². The summed E-state index contributed by atoms with van der Waals surface area (Å²) in [5.74, 6) is 0.838. The Hall–Kier alpha value is -2.56. The zero-order chi connectivity index (χ0) is 18.4. The molecule has 5 rings (SSSR count). The number of rotatable bonds is 3. The molecule has 0 radical (unpaired) electrons. The average Bonchev–Trinajstić information content (AvgIpc) is 3.09. The molecule has 3 nitrogen and oxygen atoms in total. The van der Waals surface area contributed by atoms with Crippen LogP contribution in [0.3, 0.4) is 0 Å². The zero-order valence-corrected chi connectivity index (χ0v) is 16.3. The van der Waals surface area contributed by atoms with Gasteiger partial charge in [0.05, 0.1) is 5.52 Å². The van der Waals surface area contributed by atoms with Gasteiger partial charge in [0.1, 0.15) is 0 Å². The number of aryl methyl sites for hydroxylation is 1. The molecule has 0 saturated carbocycles. The third-order valence-electron chi connectivity index (χ3n) is 4.87. The van der Waals surface area contributed by atoms with E-state index in [1.165, 1.54) is 16.3 Å². The second kappa shape index (κ2) is 6.55. The minimum Gasteiger partial charge on any atom is -0.270 e. The molecule has 3 aromatic carbocycles. The fraction of sp³-hybridized carbons (Fsp3) is 0.0909. The van der Waals surface area contributed by atoms with Gasteiger partial charge in [-0.25, -0.2) is 0 Å². The van der Waals surface area contributed by atoms with Crippen LogP contribution in [0.4, 0.5) is 0 Å². The molecule has 2 heterocycles. The van der Waals surface area contributed by atoms with Crippen LogP contribution in [0.5, 0.6) is 0 Å². The van der Waals surface area contributed by atoms with E-state index in [0.717, 1.165) is 38.0 Å². The van der Waals surface area contributed by atoms with Gasteiger partial charge in [-0.05, 0) is 53.1 Å². The summed E-state index contributed by atoms with van der Waals surface area (Å²) in [6, 6.07) is 23.0. The van der Waals surface area contributed by atoms with E-state index in [1.54, 1.807) is 11.8 Å². The van der Waals surface area contributed by atoms with Crippen LogP contribution in [0.2, 0.25) is 5.02 Å². The lowest BCUT2D eigenvalue weighted by Crippen LogP contribution is -1.94. The fourth-order valence-corrected chi connectivity index (χ4v) is 4.67. The van der Waals surface area contributed by atoms with Crippen molar-refractivity contribution in [3.8, 4) is 0 Å². The fourth-order valence-electron chi connectivity index (χ4n) is 3.55. The predicted molar refractivity (Wildman–Crippen MR) is 114 cm³/mol. The summed E-state index contributed by atoms with van der Waals surface area (Å²) in [6.07, 6.45) is 0. The lowest BCUT2D eigenvalue weighted by Gasteiger charge is -2.09. The largest absolute Gasteiger partial charge is 0.270 e. The van der Waals surface area contributed by atoms with Crippen molar-refractivity contribution in [3.05, 3.63) is 82.9 Å². The van der Waals surface area contributed by atoms with E-state index < -0.39 is 0 Å². The van der Waals surface area contributed by atoms with Gasteiger partial charge in [-0.2, -0.15) is 0 Å².